The molecule has 0 saturated heterocycles. The first-order chi connectivity index (χ1) is 17.1. The maximum absolute atomic E-state index is 12.9. The molecule has 0 radical (unpaired) electrons. The normalized spacial score (nSPS) is 10.5. The smallest absolute Gasteiger partial charge is 0.255 e. The van der Waals surface area contributed by atoms with Crippen LogP contribution in [0, 0.1) is 0 Å². The van der Waals surface area contributed by atoms with E-state index in [4.69, 9.17) is 14.2 Å². The molecule has 0 unspecified atom stereocenters. The van der Waals surface area contributed by atoms with Crippen molar-refractivity contribution in [2.24, 2.45) is 0 Å². The third-order valence-electron chi connectivity index (χ3n) is 4.96. The van der Waals surface area contributed by atoms with E-state index < -0.39 is 0 Å². The lowest BCUT2D eigenvalue weighted by atomic mass is 10.1. The van der Waals surface area contributed by atoms with Crippen LogP contribution in [0.25, 0.3) is 0 Å². The van der Waals surface area contributed by atoms with E-state index in [1.165, 1.54) is 0 Å². The number of ether oxygens (including phenoxy) is 3. The molecule has 2 amide bonds. The number of pyridine rings is 1. The van der Waals surface area contributed by atoms with Gasteiger partial charge in [-0.2, -0.15) is 0 Å². The Hall–Kier alpha value is -3.91. The van der Waals surface area contributed by atoms with Crippen molar-refractivity contribution >= 4 is 17.5 Å². The largest absolute Gasteiger partial charge is 0.490 e. The van der Waals surface area contributed by atoms with Gasteiger partial charge in [-0.15, -0.1) is 0 Å². The van der Waals surface area contributed by atoms with E-state index in [1.54, 1.807) is 54.9 Å². The average molecular weight is 478 g/mol. The number of hydrogen-bond acceptors (Lipinski definition) is 6. The van der Waals surface area contributed by atoms with Crippen LogP contribution in [0.3, 0.4) is 0 Å². The lowest BCUT2D eigenvalue weighted by molar-refractivity contribution is 0.0943. The second-order valence-electron chi connectivity index (χ2n) is 7.59. The monoisotopic (exact) mass is 477 g/mol. The maximum Gasteiger partial charge on any atom is 0.255 e. The molecule has 0 aliphatic carbocycles. The minimum Gasteiger partial charge on any atom is -0.490 e. The molecule has 0 bridgehead atoms. The van der Waals surface area contributed by atoms with Crippen LogP contribution in [-0.2, 0) is 11.3 Å². The Kier molecular flexibility index (Phi) is 10.1. The van der Waals surface area contributed by atoms with Gasteiger partial charge in [0, 0.05) is 54.5 Å². The molecule has 0 aliphatic rings. The van der Waals surface area contributed by atoms with Crippen LogP contribution in [0.15, 0.2) is 67.0 Å². The number of benzene rings is 2. The van der Waals surface area contributed by atoms with Gasteiger partial charge in [-0.1, -0.05) is 12.1 Å². The maximum atomic E-state index is 12.9. The van der Waals surface area contributed by atoms with E-state index in [2.05, 4.69) is 15.6 Å². The first-order valence-electron chi connectivity index (χ1n) is 11.7. The average Bonchev–Trinajstić information content (AvgIpc) is 2.88. The number of anilines is 1. The minimum absolute atomic E-state index is 0.202. The van der Waals surface area contributed by atoms with Crippen molar-refractivity contribution in [1.82, 2.24) is 10.3 Å². The fourth-order valence-electron chi connectivity index (χ4n) is 3.25. The second-order valence-corrected chi connectivity index (χ2v) is 7.59. The zero-order chi connectivity index (χ0) is 24.9. The molecule has 0 saturated carbocycles. The van der Waals surface area contributed by atoms with Crippen LogP contribution < -0.4 is 20.1 Å². The van der Waals surface area contributed by atoms with Crippen molar-refractivity contribution in [3.63, 3.8) is 0 Å². The fraction of sp³-hybridized carbons (Fsp3) is 0.296. The molecule has 8 nitrogen and oxygen atoms in total. The summed E-state index contributed by atoms with van der Waals surface area (Å²) in [5.41, 5.74) is 2.32. The summed E-state index contributed by atoms with van der Waals surface area (Å²) in [6.45, 7) is 6.33. The van der Waals surface area contributed by atoms with Gasteiger partial charge >= 0.3 is 0 Å². The molecule has 2 aromatic carbocycles. The highest BCUT2D eigenvalue weighted by atomic mass is 16.5. The number of aromatic nitrogens is 1. The Bertz CT molecular complexity index is 1100. The van der Waals surface area contributed by atoms with Crippen molar-refractivity contribution in [3.05, 3.63) is 83.7 Å². The van der Waals surface area contributed by atoms with E-state index in [9.17, 15) is 9.59 Å². The van der Waals surface area contributed by atoms with Crippen LogP contribution in [0.1, 0.15) is 46.5 Å². The zero-order valence-electron chi connectivity index (χ0n) is 20.1. The summed E-state index contributed by atoms with van der Waals surface area (Å²) in [5.74, 6) is 0.491. The summed E-state index contributed by atoms with van der Waals surface area (Å²) in [6, 6.07) is 15.6. The molecule has 3 rings (SSSR count). The highest BCUT2D eigenvalue weighted by Gasteiger charge is 2.13. The van der Waals surface area contributed by atoms with E-state index in [0.29, 0.717) is 61.3 Å². The molecule has 2 N–H and O–H groups in total. The lowest BCUT2D eigenvalue weighted by Gasteiger charge is -2.14. The number of carbonyl (C=O) groups excluding carboxylic acids is 2. The Labute approximate surface area is 205 Å². The van der Waals surface area contributed by atoms with E-state index in [0.717, 1.165) is 12.0 Å². The minimum atomic E-state index is -0.320. The number of hydrogen-bond donors (Lipinski definition) is 2. The van der Waals surface area contributed by atoms with Gasteiger partial charge in [-0.25, -0.2) is 0 Å². The van der Waals surface area contributed by atoms with Crippen LogP contribution in [0.4, 0.5) is 5.69 Å². The van der Waals surface area contributed by atoms with Crippen molar-refractivity contribution in [1.29, 1.82) is 0 Å². The summed E-state index contributed by atoms with van der Waals surface area (Å²) in [5, 5.41) is 5.70. The molecule has 8 heteroatoms. The molecule has 0 spiro atoms. The highest BCUT2D eigenvalue weighted by molar-refractivity contribution is 6.05. The van der Waals surface area contributed by atoms with Gasteiger partial charge in [0.2, 0.25) is 0 Å². The highest BCUT2D eigenvalue weighted by Crippen LogP contribution is 2.29. The predicted molar refractivity (Wildman–Crippen MR) is 134 cm³/mol. The third-order valence-corrected chi connectivity index (χ3v) is 4.96. The molecule has 184 valence electrons. The van der Waals surface area contributed by atoms with Crippen LogP contribution in [0.5, 0.6) is 11.5 Å². The molecule has 0 fully saturated rings. The summed E-state index contributed by atoms with van der Waals surface area (Å²) < 4.78 is 16.8. The molecule has 1 heterocycles. The quantitative estimate of drug-likeness (QED) is 0.353. The predicted octanol–water partition coefficient (Wildman–Crippen LogP) is 4.47. The van der Waals surface area contributed by atoms with Gasteiger partial charge in [-0.3, -0.25) is 14.6 Å². The Morgan fingerprint density at radius 3 is 2.51 bits per heavy atom. The number of carbonyl (C=O) groups is 2. The van der Waals surface area contributed by atoms with Gasteiger partial charge in [0.05, 0.1) is 6.61 Å². The van der Waals surface area contributed by atoms with Gasteiger partial charge in [0.15, 0.2) is 11.5 Å². The van der Waals surface area contributed by atoms with E-state index in [-0.39, 0.29) is 11.8 Å². The zero-order valence-corrected chi connectivity index (χ0v) is 20.1. The molecule has 1 aromatic heterocycles. The van der Waals surface area contributed by atoms with Crippen molar-refractivity contribution < 1.29 is 23.8 Å². The number of nitrogens with zero attached hydrogens (tertiary/aromatic N) is 1. The standard InChI is InChI=1S/C27H31N3O5/c1-3-33-15-7-14-29-26(31)21-9-5-10-23(16-21)30-27(32)22-11-12-24(25(17-22)34-4-2)35-19-20-8-6-13-28-18-20/h5-6,8-13,16-18H,3-4,7,14-15,19H2,1-2H3,(H,29,31)(H,30,32). The summed E-state index contributed by atoms with van der Waals surface area (Å²) >= 11 is 0. The summed E-state index contributed by atoms with van der Waals surface area (Å²) in [7, 11) is 0. The number of nitrogens with one attached hydrogen (secondary N) is 2. The molecule has 0 aliphatic heterocycles. The van der Waals surface area contributed by atoms with E-state index >= 15 is 0 Å². The Balaban J connectivity index is 1.63. The topological polar surface area (TPSA) is 98.8 Å². The molecule has 0 atom stereocenters. The molecule has 3 aromatic rings. The first-order valence-corrected chi connectivity index (χ1v) is 11.7. The van der Waals surface area contributed by atoms with E-state index in [1.807, 2.05) is 26.0 Å². The van der Waals surface area contributed by atoms with Crippen molar-refractivity contribution in [3.8, 4) is 11.5 Å². The van der Waals surface area contributed by atoms with Gasteiger partial charge in [0.1, 0.15) is 6.61 Å². The van der Waals surface area contributed by atoms with Gasteiger partial charge < -0.3 is 24.8 Å². The summed E-state index contributed by atoms with van der Waals surface area (Å²) in [4.78, 5) is 29.4. The number of rotatable bonds is 13. The van der Waals surface area contributed by atoms with Gasteiger partial charge in [-0.05, 0) is 62.7 Å². The second kappa shape index (κ2) is 13.7. The van der Waals surface area contributed by atoms with Crippen LogP contribution in [-0.4, -0.2) is 43.2 Å². The summed E-state index contributed by atoms with van der Waals surface area (Å²) in [6.07, 6.45) is 4.17. The van der Waals surface area contributed by atoms with Crippen molar-refractivity contribution in [2.45, 2.75) is 26.9 Å². The molecular weight excluding hydrogens is 446 g/mol. The van der Waals surface area contributed by atoms with Crippen LogP contribution >= 0.6 is 0 Å². The van der Waals surface area contributed by atoms with Crippen LogP contribution in [0.2, 0.25) is 0 Å². The number of amides is 2. The van der Waals surface area contributed by atoms with Crippen molar-refractivity contribution in [2.75, 3.05) is 31.7 Å². The third kappa shape index (κ3) is 8.12. The first kappa shape index (κ1) is 25.7. The Morgan fingerprint density at radius 1 is 0.886 bits per heavy atom. The SMILES string of the molecule is CCOCCCNC(=O)c1cccc(NC(=O)c2ccc(OCc3cccnc3)c(OCC)c2)c1. The molecular formula is C27H31N3O5. The fourth-order valence-corrected chi connectivity index (χ4v) is 3.25. The van der Waals surface area contributed by atoms with Gasteiger partial charge in [0.25, 0.3) is 11.8 Å². The Morgan fingerprint density at radius 2 is 1.74 bits per heavy atom. The molecule has 35 heavy (non-hydrogen) atoms. The lowest BCUT2D eigenvalue weighted by Crippen LogP contribution is -2.25.